The molecule has 0 fully saturated rings. The summed E-state index contributed by atoms with van der Waals surface area (Å²) in [4.78, 5) is 2.12. The predicted molar refractivity (Wildman–Crippen MR) is 76.5 cm³/mol. The zero-order valence-corrected chi connectivity index (χ0v) is 11.8. The molecule has 2 nitrogen and oxygen atoms in total. The van der Waals surface area contributed by atoms with Gasteiger partial charge in [-0.3, -0.25) is 0 Å². The highest BCUT2D eigenvalue weighted by molar-refractivity contribution is 5.45. The summed E-state index contributed by atoms with van der Waals surface area (Å²) in [6, 6.07) is 9.32. The molecule has 0 spiro atoms. The monoisotopic (exact) mass is 234 g/mol. The number of hydrogen-bond acceptors (Lipinski definition) is 2. The zero-order chi connectivity index (χ0) is 12.8. The van der Waals surface area contributed by atoms with E-state index in [4.69, 9.17) is 0 Å². The van der Waals surface area contributed by atoms with E-state index in [0.717, 1.165) is 12.5 Å². The van der Waals surface area contributed by atoms with Crippen molar-refractivity contribution < 1.29 is 0 Å². The molecule has 0 aliphatic rings. The summed E-state index contributed by atoms with van der Waals surface area (Å²) >= 11 is 0. The van der Waals surface area contributed by atoms with E-state index >= 15 is 0 Å². The van der Waals surface area contributed by atoms with Gasteiger partial charge in [-0.25, -0.2) is 0 Å². The van der Waals surface area contributed by atoms with E-state index in [1.54, 1.807) is 0 Å². The maximum Gasteiger partial charge on any atom is 0.0361 e. The van der Waals surface area contributed by atoms with Gasteiger partial charge in [-0.2, -0.15) is 0 Å². The average Bonchev–Trinajstić information content (AvgIpc) is 2.35. The predicted octanol–water partition coefficient (Wildman–Crippen LogP) is 3.28. The van der Waals surface area contributed by atoms with Crippen LogP contribution in [0.4, 0.5) is 5.69 Å². The largest absolute Gasteiger partial charge is 0.378 e. The van der Waals surface area contributed by atoms with Crippen LogP contribution in [0.2, 0.25) is 0 Å². The van der Waals surface area contributed by atoms with Crippen LogP contribution in [-0.4, -0.2) is 20.1 Å². The molecule has 2 unspecified atom stereocenters. The smallest absolute Gasteiger partial charge is 0.0361 e. The second-order valence-corrected chi connectivity index (χ2v) is 5.12. The van der Waals surface area contributed by atoms with Gasteiger partial charge >= 0.3 is 0 Å². The lowest BCUT2D eigenvalue weighted by Gasteiger charge is -2.20. The number of benzene rings is 1. The van der Waals surface area contributed by atoms with E-state index < -0.39 is 0 Å². The number of nitrogens with one attached hydrogen (secondary N) is 1. The number of anilines is 1. The highest BCUT2D eigenvalue weighted by atomic mass is 15.1. The van der Waals surface area contributed by atoms with Crippen molar-refractivity contribution in [3.05, 3.63) is 29.8 Å². The van der Waals surface area contributed by atoms with Crippen LogP contribution in [0.3, 0.4) is 0 Å². The van der Waals surface area contributed by atoms with Crippen molar-refractivity contribution in [3.63, 3.8) is 0 Å². The molecule has 0 amide bonds. The Morgan fingerprint density at radius 3 is 2.18 bits per heavy atom. The van der Waals surface area contributed by atoms with Crippen molar-refractivity contribution in [1.82, 2.24) is 5.32 Å². The lowest BCUT2D eigenvalue weighted by Crippen LogP contribution is -2.31. The van der Waals surface area contributed by atoms with E-state index in [0.29, 0.717) is 6.04 Å². The van der Waals surface area contributed by atoms with Gasteiger partial charge in [-0.1, -0.05) is 32.4 Å². The fourth-order valence-electron chi connectivity index (χ4n) is 1.75. The van der Waals surface area contributed by atoms with Gasteiger partial charge in [0.05, 0.1) is 0 Å². The molecule has 0 heterocycles. The summed E-state index contributed by atoms with van der Waals surface area (Å²) < 4.78 is 0. The minimum absolute atomic E-state index is 0.577. The first kappa shape index (κ1) is 14.0. The van der Waals surface area contributed by atoms with Gasteiger partial charge in [0.1, 0.15) is 0 Å². The molecular weight excluding hydrogens is 208 g/mol. The Morgan fingerprint density at radius 1 is 1.12 bits per heavy atom. The van der Waals surface area contributed by atoms with Crippen molar-refractivity contribution in [2.45, 2.75) is 39.8 Å². The van der Waals surface area contributed by atoms with Crippen LogP contribution in [0.15, 0.2) is 24.3 Å². The Balaban J connectivity index is 2.47. The molecule has 17 heavy (non-hydrogen) atoms. The van der Waals surface area contributed by atoms with Crippen LogP contribution in [0, 0.1) is 5.92 Å². The van der Waals surface area contributed by atoms with Crippen molar-refractivity contribution in [3.8, 4) is 0 Å². The van der Waals surface area contributed by atoms with Crippen LogP contribution < -0.4 is 10.2 Å². The van der Waals surface area contributed by atoms with Crippen LogP contribution >= 0.6 is 0 Å². The summed E-state index contributed by atoms with van der Waals surface area (Å²) in [5.74, 6) is 0.732. The normalized spacial score (nSPS) is 14.4. The molecule has 0 saturated carbocycles. The van der Waals surface area contributed by atoms with Crippen LogP contribution in [-0.2, 0) is 6.54 Å². The highest BCUT2D eigenvalue weighted by Crippen LogP contribution is 2.13. The lowest BCUT2D eigenvalue weighted by molar-refractivity contribution is 0.389. The van der Waals surface area contributed by atoms with Gasteiger partial charge in [0.2, 0.25) is 0 Å². The van der Waals surface area contributed by atoms with E-state index in [1.807, 2.05) is 0 Å². The number of rotatable bonds is 6. The molecule has 1 rings (SSSR count). The first-order chi connectivity index (χ1) is 8.04. The van der Waals surface area contributed by atoms with Crippen LogP contribution in [0.1, 0.15) is 32.8 Å². The third kappa shape index (κ3) is 4.39. The number of nitrogens with zero attached hydrogens (tertiary/aromatic N) is 1. The molecule has 0 aliphatic carbocycles. The molecule has 96 valence electrons. The molecular formula is C15H26N2. The minimum atomic E-state index is 0.577. The molecule has 1 aromatic carbocycles. The molecule has 0 aromatic heterocycles. The first-order valence-electron chi connectivity index (χ1n) is 6.54. The van der Waals surface area contributed by atoms with Crippen LogP contribution in [0.25, 0.3) is 0 Å². The Kier molecular flexibility index (Phi) is 5.49. The summed E-state index contributed by atoms with van der Waals surface area (Å²) in [6.45, 7) is 7.77. The van der Waals surface area contributed by atoms with Gasteiger partial charge in [0.25, 0.3) is 0 Å². The quantitative estimate of drug-likeness (QED) is 0.812. The summed E-state index contributed by atoms with van der Waals surface area (Å²) in [6.07, 6.45) is 1.23. The third-order valence-electron chi connectivity index (χ3n) is 3.58. The maximum absolute atomic E-state index is 3.58. The van der Waals surface area contributed by atoms with Gasteiger partial charge < -0.3 is 10.2 Å². The van der Waals surface area contributed by atoms with Gasteiger partial charge in [-0.05, 0) is 30.5 Å². The second kappa shape index (κ2) is 6.65. The molecule has 2 heteroatoms. The average molecular weight is 234 g/mol. The van der Waals surface area contributed by atoms with E-state index in [-0.39, 0.29) is 0 Å². The third-order valence-corrected chi connectivity index (χ3v) is 3.58. The fourth-order valence-corrected chi connectivity index (χ4v) is 1.75. The Labute approximate surface area is 106 Å². The SMILES string of the molecule is CCC(C)C(C)NCc1ccc(N(C)C)cc1. The molecule has 1 aromatic rings. The van der Waals surface area contributed by atoms with Gasteiger partial charge in [-0.15, -0.1) is 0 Å². The standard InChI is InChI=1S/C15H26N2/c1-6-12(2)13(3)16-11-14-7-9-15(10-8-14)17(4)5/h7-10,12-13,16H,6,11H2,1-5H3. The Bertz CT molecular complexity index is 316. The van der Waals surface area contributed by atoms with Crippen molar-refractivity contribution >= 4 is 5.69 Å². The van der Waals surface area contributed by atoms with Crippen LogP contribution in [0.5, 0.6) is 0 Å². The Morgan fingerprint density at radius 2 is 1.71 bits per heavy atom. The second-order valence-electron chi connectivity index (χ2n) is 5.12. The first-order valence-corrected chi connectivity index (χ1v) is 6.54. The molecule has 2 atom stereocenters. The van der Waals surface area contributed by atoms with Gasteiger partial charge in [0.15, 0.2) is 0 Å². The highest BCUT2D eigenvalue weighted by Gasteiger charge is 2.08. The zero-order valence-electron chi connectivity index (χ0n) is 11.8. The van der Waals surface area contributed by atoms with Crippen molar-refractivity contribution in [1.29, 1.82) is 0 Å². The maximum atomic E-state index is 3.58. The summed E-state index contributed by atoms with van der Waals surface area (Å²) in [7, 11) is 4.14. The fraction of sp³-hybridized carbons (Fsp3) is 0.600. The molecule has 0 radical (unpaired) electrons. The van der Waals surface area contributed by atoms with Crippen molar-refractivity contribution in [2.75, 3.05) is 19.0 Å². The summed E-state index contributed by atoms with van der Waals surface area (Å²) in [5.41, 5.74) is 2.61. The van der Waals surface area contributed by atoms with E-state index in [2.05, 4.69) is 69.3 Å². The molecule has 0 saturated heterocycles. The molecule has 0 bridgehead atoms. The Hall–Kier alpha value is -1.02. The number of hydrogen-bond donors (Lipinski definition) is 1. The van der Waals surface area contributed by atoms with Crippen molar-refractivity contribution in [2.24, 2.45) is 5.92 Å². The molecule has 1 N–H and O–H groups in total. The topological polar surface area (TPSA) is 15.3 Å². The van der Waals surface area contributed by atoms with E-state index in [9.17, 15) is 0 Å². The van der Waals surface area contributed by atoms with Gasteiger partial charge in [0, 0.05) is 32.4 Å². The molecule has 0 aliphatic heterocycles. The minimum Gasteiger partial charge on any atom is -0.378 e. The lowest BCUT2D eigenvalue weighted by atomic mass is 10.0. The summed E-state index contributed by atoms with van der Waals surface area (Å²) in [5, 5.41) is 3.58. The van der Waals surface area contributed by atoms with E-state index in [1.165, 1.54) is 17.7 Å².